The van der Waals surface area contributed by atoms with Gasteiger partial charge in [-0.15, -0.1) is 0 Å². The summed E-state index contributed by atoms with van der Waals surface area (Å²) >= 11 is 0. The third kappa shape index (κ3) is 2.63. The summed E-state index contributed by atoms with van der Waals surface area (Å²) in [4.78, 5) is -0.651. The number of hydrogen-bond acceptors (Lipinski definition) is 3. The lowest BCUT2D eigenvalue weighted by atomic mass is 10.1. The van der Waals surface area contributed by atoms with Gasteiger partial charge in [-0.1, -0.05) is 0 Å². The van der Waals surface area contributed by atoms with Crippen LogP contribution >= 0.6 is 0 Å². The van der Waals surface area contributed by atoms with E-state index in [0.717, 1.165) is 12.3 Å². The summed E-state index contributed by atoms with van der Waals surface area (Å²) in [5, 5.41) is 9.62. The topological polar surface area (TPSA) is 54.4 Å². The van der Waals surface area contributed by atoms with Crippen molar-refractivity contribution in [2.45, 2.75) is 29.8 Å². The Kier molecular flexibility index (Phi) is 2.74. The molecule has 1 aromatic carbocycles. The van der Waals surface area contributed by atoms with E-state index in [1.807, 2.05) is 0 Å². The fourth-order valence-corrected chi connectivity index (χ4v) is 2.40. The maximum absolute atomic E-state index is 13.6. The van der Waals surface area contributed by atoms with Crippen LogP contribution in [0.15, 0.2) is 17.0 Å². The van der Waals surface area contributed by atoms with Crippen molar-refractivity contribution in [3.8, 4) is 0 Å². The van der Waals surface area contributed by atoms with E-state index in [4.69, 9.17) is 0 Å². The first kappa shape index (κ1) is 12.4. The predicted molar refractivity (Wildman–Crippen MR) is 57.4 cm³/mol. The summed E-state index contributed by atoms with van der Waals surface area (Å²) < 4.78 is 49.4. The van der Waals surface area contributed by atoms with Crippen LogP contribution in [0.3, 0.4) is 0 Å². The minimum absolute atomic E-state index is 0.00917. The van der Waals surface area contributed by atoms with Crippen LogP contribution in [0.25, 0.3) is 0 Å². The van der Waals surface area contributed by atoms with Crippen molar-refractivity contribution in [2.75, 3.05) is 6.26 Å². The van der Waals surface area contributed by atoms with Gasteiger partial charge in [-0.25, -0.2) is 17.2 Å². The molecule has 0 saturated heterocycles. The summed E-state index contributed by atoms with van der Waals surface area (Å²) in [5.74, 6) is -1.78. The molecular weight excluding hydrogens is 250 g/mol. The largest absolute Gasteiger partial charge is 0.390 e. The van der Waals surface area contributed by atoms with E-state index >= 15 is 0 Å². The normalized spacial score (nSPS) is 18.1. The number of hydrogen-bond donors (Lipinski definition) is 1. The van der Waals surface area contributed by atoms with Gasteiger partial charge in [-0.05, 0) is 30.5 Å². The van der Waals surface area contributed by atoms with Crippen LogP contribution < -0.4 is 0 Å². The molecule has 0 bridgehead atoms. The lowest BCUT2D eigenvalue weighted by molar-refractivity contribution is 0.149. The molecule has 1 aliphatic rings. The van der Waals surface area contributed by atoms with E-state index in [1.165, 1.54) is 0 Å². The highest BCUT2D eigenvalue weighted by Crippen LogP contribution is 2.39. The lowest BCUT2D eigenvalue weighted by Crippen LogP contribution is -2.13. The second kappa shape index (κ2) is 3.74. The molecule has 0 aliphatic heterocycles. The molecule has 3 nitrogen and oxygen atoms in total. The zero-order chi connectivity index (χ0) is 12.8. The second-order valence-corrected chi connectivity index (χ2v) is 6.53. The standard InChI is InChI=1S/C11H12F2O3S/c1-17(15,16)10-5-8(12)7(4-9(10)13)6-11(14)2-3-11/h4-5,14H,2-3,6H2,1H3. The van der Waals surface area contributed by atoms with Gasteiger partial charge in [0, 0.05) is 12.7 Å². The van der Waals surface area contributed by atoms with Gasteiger partial charge in [0.05, 0.1) is 5.60 Å². The van der Waals surface area contributed by atoms with Crippen LogP contribution in [0.4, 0.5) is 8.78 Å². The average Bonchev–Trinajstić information content (AvgIpc) is 2.87. The van der Waals surface area contributed by atoms with Crippen molar-refractivity contribution in [3.63, 3.8) is 0 Å². The second-order valence-electron chi connectivity index (χ2n) is 4.55. The third-order valence-electron chi connectivity index (χ3n) is 2.85. The number of aliphatic hydroxyl groups is 1. The highest BCUT2D eigenvalue weighted by atomic mass is 32.2. The Labute approximate surface area is 98.0 Å². The highest BCUT2D eigenvalue weighted by molar-refractivity contribution is 7.90. The van der Waals surface area contributed by atoms with Gasteiger partial charge >= 0.3 is 0 Å². The van der Waals surface area contributed by atoms with Crippen LogP contribution in [0.5, 0.6) is 0 Å². The lowest BCUT2D eigenvalue weighted by Gasteiger charge is -2.10. The maximum atomic E-state index is 13.6. The highest BCUT2D eigenvalue weighted by Gasteiger charge is 2.41. The van der Waals surface area contributed by atoms with Gasteiger partial charge in [0.1, 0.15) is 16.5 Å². The van der Waals surface area contributed by atoms with Gasteiger partial charge in [-0.3, -0.25) is 0 Å². The van der Waals surface area contributed by atoms with Crippen LogP contribution in [0.1, 0.15) is 18.4 Å². The summed E-state index contributed by atoms with van der Waals surface area (Å²) in [6, 6.07) is 1.52. The summed E-state index contributed by atoms with van der Waals surface area (Å²) in [5.41, 5.74) is -0.935. The fourth-order valence-electron chi connectivity index (χ4n) is 1.66. The van der Waals surface area contributed by atoms with E-state index in [2.05, 4.69) is 0 Å². The van der Waals surface area contributed by atoms with E-state index in [9.17, 15) is 22.3 Å². The first-order chi connectivity index (χ1) is 7.71. The fraction of sp³-hybridized carbons (Fsp3) is 0.455. The van der Waals surface area contributed by atoms with Crippen molar-refractivity contribution in [3.05, 3.63) is 29.3 Å². The third-order valence-corrected chi connectivity index (χ3v) is 3.96. The molecule has 2 rings (SSSR count). The molecule has 1 aliphatic carbocycles. The minimum atomic E-state index is -3.78. The summed E-state index contributed by atoms with van der Waals surface area (Å²) in [6.07, 6.45) is 1.95. The molecule has 1 fully saturated rings. The van der Waals surface area contributed by atoms with Crippen molar-refractivity contribution in [1.29, 1.82) is 0 Å². The van der Waals surface area contributed by atoms with Crippen molar-refractivity contribution in [2.24, 2.45) is 0 Å². The Morgan fingerprint density at radius 1 is 1.29 bits per heavy atom. The van der Waals surface area contributed by atoms with E-state index in [0.29, 0.717) is 18.9 Å². The summed E-state index contributed by atoms with van der Waals surface area (Å²) in [7, 11) is -3.78. The van der Waals surface area contributed by atoms with E-state index in [-0.39, 0.29) is 12.0 Å². The molecule has 1 aromatic rings. The minimum Gasteiger partial charge on any atom is -0.390 e. The average molecular weight is 262 g/mol. The first-order valence-electron chi connectivity index (χ1n) is 5.12. The number of sulfone groups is 1. The molecule has 0 aromatic heterocycles. The van der Waals surface area contributed by atoms with Crippen LogP contribution in [0, 0.1) is 11.6 Å². The monoisotopic (exact) mass is 262 g/mol. The molecule has 0 amide bonds. The molecule has 94 valence electrons. The van der Waals surface area contributed by atoms with Crippen molar-refractivity contribution in [1.82, 2.24) is 0 Å². The van der Waals surface area contributed by atoms with Gasteiger partial charge in [0.25, 0.3) is 0 Å². The Morgan fingerprint density at radius 2 is 1.88 bits per heavy atom. The molecule has 0 radical (unpaired) electrons. The van der Waals surface area contributed by atoms with Crippen molar-refractivity contribution >= 4 is 9.84 Å². The zero-order valence-electron chi connectivity index (χ0n) is 9.20. The Morgan fingerprint density at radius 3 is 2.35 bits per heavy atom. The summed E-state index contributed by atoms with van der Waals surface area (Å²) in [6.45, 7) is 0. The van der Waals surface area contributed by atoms with Crippen molar-refractivity contribution < 1.29 is 22.3 Å². The maximum Gasteiger partial charge on any atom is 0.178 e. The Balaban J connectivity index is 2.41. The van der Waals surface area contributed by atoms with Gasteiger partial charge in [0.15, 0.2) is 9.84 Å². The molecule has 0 atom stereocenters. The number of halogens is 2. The molecule has 0 spiro atoms. The molecule has 1 N–H and O–H groups in total. The zero-order valence-corrected chi connectivity index (χ0v) is 10.0. The Bertz CT molecular complexity index is 562. The molecule has 0 heterocycles. The first-order valence-corrected chi connectivity index (χ1v) is 7.01. The van der Waals surface area contributed by atoms with Gasteiger partial charge < -0.3 is 5.11 Å². The van der Waals surface area contributed by atoms with Crippen LogP contribution in [-0.2, 0) is 16.3 Å². The molecular formula is C11H12F2O3S. The molecule has 1 saturated carbocycles. The van der Waals surface area contributed by atoms with Crippen LogP contribution in [0.2, 0.25) is 0 Å². The van der Waals surface area contributed by atoms with Gasteiger partial charge in [0.2, 0.25) is 0 Å². The predicted octanol–water partition coefficient (Wildman–Crippen LogP) is 1.44. The molecule has 17 heavy (non-hydrogen) atoms. The smallest absolute Gasteiger partial charge is 0.178 e. The Hall–Kier alpha value is -1.01. The number of benzene rings is 1. The van der Waals surface area contributed by atoms with Gasteiger partial charge in [-0.2, -0.15) is 0 Å². The van der Waals surface area contributed by atoms with E-state index < -0.39 is 32.0 Å². The molecule has 6 heteroatoms. The SMILES string of the molecule is CS(=O)(=O)c1cc(F)c(CC2(O)CC2)cc1F. The quantitative estimate of drug-likeness (QED) is 0.896. The number of rotatable bonds is 3. The molecule has 0 unspecified atom stereocenters. The van der Waals surface area contributed by atoms with E-state index in [1.54, 1.807) is 0 Å². The van der Waals surface area contributed by atoms with Crippen LogP contribution in [-0.4, -0.2) is 25.4 Å².